The van der Waals surface area contributed by atoms with Gasteiger partial charge in [-0.25, -0.2) is 4.98 Å². The second-order valence-corrected chi connectivity index (χ2v) is 10.3. The average Bonchev–Trinajstić information content (AvgIpc) is 3.25. The Balaban J connectivity index is 1.85. The number of ketones is 1. The fraction of sp³-hybridized carbons (Fsp3) is 0.370. The van der Waals surface area contributed by atoms with Gasteiger partial charge < -0.3 is 10.1 Å². The highest BCUT2D eigenvalue weighted by Crippen LogP contribution is 2.41. The first-order valence-corrected chi connectivity index (χ1v) is 11.3. The lowest BCUT2D eigenvalue weighted by atomic mass is 9.85. The number of aromatic nitrogens is 2. The summed E-state index contributed by atoms with van der Waals surface area (Å²) in [7, 11) is 0. The molecule has 0 saturated heterocycles. The number of hydrogen-bond donors (Lipinski definition) is 2. The number of aryl methyl sites for hydroxylation is 1. The van der Waals surface area contributed by atoms with Crippen molar-refractivity contribution < 1.29 is 14.7 Å². The number of H-pyrrole nitrogens is 1. The van der Waals surface area contributed by atoms with Crippen LogP contribution in [0.25, 0.3) is 11.0 Å². The predicted octanol–water partition coefficient (Wildman–Crippen LogP) is 5.68. The van der Waals surface area contributed by atoms with Crippen molar-refractivity contribution >= 4 is 28.7 Å². The number of amides is 1. The molecule has 2 heterocycles. The summed E-state index contributed by atoms with van der Waals surface area (Å²) in [4.78, 5) is 35.7. The number of carbonyl (C=O) groups is 2. The van der Waals surface area contributed by atoms with Crippen LogP contribution in [-0.4, -0.2) is 26.8 Å². The van der Waals surface area contributed by atoms with Crippen LogP contribution >= 0.6 is 0 Å². The number of hydrogen-bond acceptors (Lipinski definition) is 4. The minimum absolute atomic E-state index is 0.0332. The Morgan fingerprint density at radius 1 is 1.15 bits per heavy atom. The van der Waals surface area contributed by atoms with E-state index in [1.807, 2.05) is 63.2 Å². The molecule has 1 atom stereocenters. The topological polar surface area (TPSA) is 86.3 Å². The Labute approximate surface area is 194 Å². The number of benzene rings is 2. The molecule has 0 saturated carbocycles. The van der Waals surface area contributed by atoms with E-state index >= 15 is 0 Å². The summed E-state index contributed by atoms with van der Waals surface area (Å²) in [5.41, 5.74) is 4.57. The van der Waals surface area contributed by atoms with Gasteiger partial charge in [-0.05, 0) is 47.1 Å². The van der Waals surface area contributed by atoms with E-state index in [1.54, 1.807) is 0 Å². The van der Waals surface area contributed by atoms with Gasteiger partial charge in [-0.3, -0.25) is 14.5 Å². The molecule has 0 fully saturated rings. The highest BCUT2D eigenvalue weighted by molar-refractivity contribution is 6.16. The van der Waals surface area contributed by atoms with Crippen LogP contribution in [0.2, 0.25) is 0 Å². The molecule has 3 aromatic rings. The van der Waals surface area contributed by atoms with Gasteiger partial charge in [0.15, 0.2) is 11.5 Å². The quantitative estimate of drug-likeness (QED) is 0.529. The van der Waals surface area contributed by atoms with Crippen LogP contribution in [0, 0.1) is 12.8 Å². The molecule has 0 aliphatic carbocycles. The van der Waals surface area contributed by atoms with Crippen molar-refractivity contribution in [3.05, 3.63) is 70.5 Å². The summed E-state index contributed by atoms with van der Waals surface area (Å²) in [5.74, 6) is -0.940. The summed E-state index contributed by atoms with van der Waals surface area (Å²) in [5, 5.41) is 10.8. The van der Waals surface area contributed by atoms with Gasteiger partial charge in [0.1, 0.15) is 0 Å². The molecule has 0 radical (unpaired) electrons. The molecular formula is C27H31N3O3. The monoisotopic (exact) mass is 445 g/mol. The van der Waals surface area contributed by atoms with E-state index in [-0.39, 0.29) is 29.1 Å². The van der Waals surface area contributed by atoms with Crippen molar-refractivity contribution in [2.45, 2.75) is 59.4 Å². The van der Waals surface area contributed by atoms with E-state index in [0.717, 1.165) is 22.2 Å². The Bertz CT molecular complexity index is 1260. The number of nitrogens with zero attached hydrogens (tertiary/aromatic N) is 2. The van der Waals surface area contributed by atoms with Crippen molar-refractivity contribution in [2.75, 3.05) is 4.90 Å². The molecule has 6 heteroatoms. The number of imidazole rings is 1. The molecule has 6 nitrogen and oxygen atoms in total. The highest BCUT2D eigenvalue weighted by Gasteiger charge is 2.45. The zero-order valence-electron chi connectivity index (χ0n) is 20.1. The van der Waals surface area contributed by atoms with Crippen LogP contribution in [0.1, 0.15) is 63.8 Å². The smallest absolute Gasteiger partial charge is 0.296 e. The molecule has 33 heavy (non-hydrogen) atoms. The first-order valence-electron chi connectivity index (χ1n) is 11.3. The van der Waals surface area contributed by atoms with Crippen molar-refractivity contribution in [1.29, 1.82) is 0 Å². The summed E-state index contributed by atoms with van der Waals surface area (Å²) in [6, 6.07) is 12.9. The third kappa shape index (κ3) is 4.17. The maximum atomic E-state index is 13.3. The molecule has 1 aliphatic rings. The number of aliphatic hydroxyl groups is 1. The lowest BCUT2D eigenvalue weighted by Gasteiger charge is -2.26. The number of aromatic amines is 1. The van der Waals surface area contributed by atoms with E-state index < -0.39 is 17.7 Å². The summed E-state index contributed by atoms with van der Waals surface area (Å²) in [6.45, 7) is 12.3. The molecular weight excluding hydrogens is 414 g/mol. The van der Waals surface area contributed by atoms with E-state index in [0.29, 0.717) is 11.5 Å². The molecule has 0 bridgehead atoms. The predicted molar refractivity (Wildman–Crippen MR) is 130 cm³/mol. The third-order valence-corrected chi connectivity index (χ3v) is 6.05. The lowest BCUT2D eigenvalue weighted by Crippen LogP contribution is -2.32. The van der Waals surface area contributed by atoms with Gasteiger partial charge in [0.05, 0.1) is 22.6 Å². The maximum absolute atomic E-state index is 13.3. The largest absolute Gasteiger partial charge is 0.503 e. The number of carbonyl (C=O) groups excluding carboxylic acids is 2. The van der Waals surface area contributed by atoms with Crippen LogP contribution < -0.4 is 4.90 Å². The van der Waals surface area contributed by atoms with Gasteiger partial charge in [0, 0.05) is 6.42 Å². The fourth-order valence-corrected chi connectivity index (χ4v) is 4.29. The molecule has 2 aromatic carbocycles. The zero-order valence-corrected chi connectivity index (χ0v) is 20.1. The summed E-state index contributed by atoms with van der Waals surface area (Å²) >= 11 is 0. The fourth-order valence-electron chi connectivity index (χ4n) is 4.29. The number of fused-ring (bicyclic) bond motifs is 1. The van der Waals surface area contributed by atoms with Crippen LogP contribution in [0.3, 0.4) is 0 Å². The van der Waals surface area contributed by atoms with E-state index in [9.17, 15) is 14.7 Å². The second kappa shape index (κ2) is 8.18. The van der Waals surface area contributed by atoms with Gasteiger partial charge in [-0.1, -0.05) is 65.0 Å². The Kier molecular flexibility index (Phi) is 5.64. The first kappa shape index (κ1) is 22.8. The summed E-state index contributed by atoms with van der Waals surface area (Å²) in [6.07, 6.45) is 0.246. The van der Waals surface area contributed by atoms with Crippen LogP contribution in [0.4, 0.5) is 5.95 Å². The van der Waals surface area contributed by atoms with E-state index in [1.165, 1.54) is 4.90 Å². The number of Topliss-reactive ketones (excluding diaryl/α,β-unsaturated/α-hetero) is 1. The van der Waals surface area contributed by atoms with Crippen LogP contribution in [0.5, 0.6) is 0 Å². The average molecular weight is 446 g/mol. The van der Waals surface area contributed by atoms with Crippen molar-refractivity contribution in [2.24, 2.45) is 5.92 Å². The normalized spacial score (nSPS) is 17.0. The Morgan fingerprint density at radius 2 is 1.82 bits per heavy atom. The lowest BCUT2D eigenvalue weighted by molar-refractivity contribution is -0.118. The molecule has 172 valence electrons. The maximum Gasteiger partial charge on any atom is 0.296 e. The Hall–Kier alpha value is -3.41. The number of anilines is 1. The van der Waals surface area contributed by atoms with E-state index in [4.69, 9.17) is 0 Å². The minimum Gasteiger partial charge on any atom is -0.503 e. The van der Waals surface area contributed by atoms with Crippen molar-refractivity contribution in [1.82, 2.24) is 9.97 Å². The van der Waals surface area contributed by atoms with Crippen molar-refractivity contribution in [3.63, 3.8) is 0 Å². The van der Waals surface area contributed by atoms with Crippen LogP contribution in [-0.2, 0) is 15.0 Å². The second-order valence-electron chi connectivity index (χ2n) is 10.3. The minimum atomic E-state index is -0.751. The van der Waals surface area contributed by atoms with Gasteiger partial charge in [0.25, 0.3) is 5.91 Å². The molecule has 4 rings (SSSR count). The van der Waals surface area contributed by atoms with Crippen molar-refractivity contribution in [3.8, 4) is 0 Å². The standard InChI is InChI=1S/C27H31N3O3/c1-15(2)13-21(31)22-23(17-8-10-18(11-9-17)27(4,5)6)30(25(33)24(22)32)26-28-19-12-7-16(3)14-20(19)29-26/h7-12,14-15,23,32H,13H2,1-6H3,(H,28,29). The third-order valence-electron chi connectivity index (χ3n) is 6.05. The molecule has 2 N–H and O–H groups in total. The molecule has 1 unspecified atom stereocenters. The first-order chi connectivity index (χ1) is 15.5. The highest BCUT2D eigenvalue weighted by atomic mass is 16.3. The van der Waals surface area contributed by atoms with Gasteiger partial charge in [-0.15, -0.1) is 0 Å². The number of nitrogens with one attached hydrogen (secondary N) is 1. The number of rotatable bonds is 5. The van der Waals surface area contributed by atoms with E-state index in [2.05, 4.69) is 30.7 Å². The molecule has 0 spiro atoms. The number of aliphatic hydroxyl groups excluding tert-OH is 1. The zero-order chi connectivity index (χ0) is 24.1. The molecule has 1 aliphatic heterocycles. The SMILES string of the molecule is Cc1ccc2nc(N3C(=O)C(O)=C(C(=O)CC(C)C)C3c3ccc(C(C)(C)C)cc3)[nH]c2c1. The Morgan fingerprint density at radius 3 is 2.42 bits per heavy atom. The van der Waals surface area contributed by atoms with Gasteiger partial charge in [0.2, 0.25) is 5.95 Å². The van der Waals surface area contributed by atoms with Gasteiger partial charge in [-0.2, -0.15) is 0 Å². The summed E-state index contributed by atoms with van der Waals surface area (Å²) < 4.78 is 0. The molecule has 1 aromatic heterocycles. The van der Waals surface area contributed by atoms with Crippen LogP contribution in [0.15, 0.2) is 53.8 Å². The molecule has 1 amide bonds. The van der Waals surface area contributed by atoms with Gasteiger partial charge >= 0.3 is 0 Å².